The fourth-order valence-corrected chi connectivity index (χ4v) is 1.72. The number of carbonyl (C=O) groups is 1. The van der Waals surface area contributed by atoms with Crippen molar-refractivity contribution in [2.45, 2.75) is 13.5 Å². The molecule has 2 aromatic carbocycles. The molecule has 0 heterocycles. The zero-order valence-corrected chi connectivity index (χ0v) is 10.4. The molecule has 3 nitrogen and oxygen atoms in total. The van der Waals surface area contributed by atoms with Crippen LogP contribution in [0.1, 0.15) is 21.5 Å². The fraction of sp³-hybridized carbons (Fsp3) is 0.133. The second kappa shape index (κ2) is 5.52. The monoisotopic (exact) mass is 260 g/mol. The summed E-state index contributed by atoms with van der Waals surface area (Å²) in [4.78, 5) is 10.8. The van der Waals surface area contributed by atoms with Crippen molar-refractivity contribution in [3.8, 4) is 5.75 Å². The average Bonchev–Trinajstić information content (AvgIpc) is 2.39. The topological polar surface area (TPSA) is 46.5 Å². The number of hydrogen-bond acceptors (Lipinski definition) is 2. The van der Waals surface area contributed by atoms with Crippen LogP contribution in [-0.4, -0.2) is 11.1 Å². The fourth-order valence-electron chi connectivity index (χ4n) is 1.72. The van der Waals surface area contributed by atoms with Gasteiger partial charge in [0.15, 0.2) is 0 Å². The molecular formula is C15H13FO3. The van der Waals surface area contributed by atoms with Crippen LogP contribution in [0.5, 0.6) is 5.75 Å². The molecule has 0 unspecified atom stereocenters. The highest BCUT2D eigenvalue weighted by atomic mass is 19.1. The molecule has 0 spiro atoms. The van der Waals surface area contributed by atoms with Gasteiger partial charge in [-0.25, -0.2) is 9.18 Å². The third kappa shape index (κ3) is 3.10. The quantitative estimate of drug-likeness (QED) is 0.916. The van der Waals surface area contributed by atoms with E-state index in [1.165, 1.54) is 18.2 Å². The van der Waals surface area contributed by atoms with Crippen molar-refractivity contribution < 1.29 is 19.0 Å². The van der Waals surface area contributed by atoms with E-state index in [4.69, 9.17) is 9.84 Å². The highest BCUT2D eigenvalue weighted by molar-refractivity contribution is 5.88. The van der Waals surface area contributed by atoms with Crippen LogP contribution in [0.25, 0.3) is 0 Å². The summed E-state index contributed by atoms with van der Waals surface area (Å²) < 4.78 is 18.9. The molecule has 0 bridgehead atoms. The molecule has 4 heteroatoms. The Bertz CT molecular complexity index is 608. The molecule has 0 radical (unpaired) electrons. The van der Waals surface area contributed by atoms with Crippen molar-refractivity contribution >= 4 is 5.97 Å². The minimum Gasteiger partial charge on any atom is -0.489 e. The van der Waals surface area contributed by atoms with Gasteiger partial charge >= 0.3 is 5.97 Å². The van der Waals surface area contributed by atoms with Crippen molar-refractivity contribution in [1.82, 2.24) is 0 Å². The number of rotatable bonds is 4. The van der Waals surface area contributed by atoms with Crippen LogP contribution in [0.2, 0.25) is 0 Å². The van der Waals surface area contributed by atoms with Crippen LogP contribution < -0.4 is 4.74 Å². The highest BCUT2D eigenvalue weighted by Gasteiger charge is 2.07. The second-order valence-electron chi connectivity index (χ2n) is 4.17. The predicted molar refractivity (Wildman–Crippen MR) is 68.9 cm³/mol. The van der Waals surface area contributed by atoms with Crippen molar-refractivity contribution in [2.24, 2.45) is 0 Å². The summed E-state index contributed by atoms with van der Waals surface area (Å²) in [6.45, 7) is 1.86. The Morgan fingerprint density at radius 1 is 1.26 bits per heavy atom. The lowest BCUT2D eigenvalue weighted by atomic mass is 10.1. The van der Waals surface area contributed by atoms with Gasteiger partial charge in [0, 0.05) is 5.56 Å². The van der Waals surface area contributed by atoms with Crippen molar-refractivity contribution in [3.63, 3.8) is 0 Å². The third-order valence-corrected chi connectivity index (χ3v) is 2.76. The first kappa shape index (κ1) is 13.1. The number of carboxylic acids is 1. The first-order valence-electron chi connectivity index (χ1n) is 5.78. The van der Waals surface area contributed by atoms with E-state index in [2.05, 4.69) is 0 Å². The van der Waals surface area contributed by atoms with Gasteiger partial charge in [-0.2, -0.15) is 0 Å². The maximum atomic E-state index is 13.4. The van der Waals surface area contributed by atoms with E-state index in [1.807, 2.05) is 0 Å². The molecule has 2 rings (SSSR count). The van der Waals surface area contributed by atoms with E-state index in [0.717, 1.165) is 0 Å². The number of aromatic carboxylic acids is 1. The Hall–Kier alpha value is -2.36. The van der Waals surface area contributed by atoms with Crippen molar-refractivity contribution in [3.05, 3.63) is 65.0 Å². The molecule has 0 aromatic heterocycles. The predicted octanol–water partition coefficient (Wildman–Crippen LogP) is 3.41. The Kier molecular flexibility index (Phi) is 3.80. The van der Waals surface area contributed by atoms with Gasteiger partial charge in [-0.05, 0) is 36.8 Å². The highest BCUT2D eigenvalue weighted by Crippen LogP contribution is 2.21. The van der Waals surface area contributed by atoms with Crippen molar-refractivity contribution in [1.29, 1.82) is 0 Å². The summed E-state index contributed by atoms with van der Waals surface area (Å²) in [5.41, 5.74) is 1.37. The lowest BCUT2D eigenvalue weighted by molar-refractivity contribution is 0.0696. The van der Waals surface area contributed by atoms with Crippen molar-refractivity contribution in [2.75, 3.05) is 0 Å². The van der Waals surface area contributed by atoms with Gasteiger partial charge in [0.25, 0.3) is 0 Å². The largest absolute Gasteiger partial charge is 0.489 e. The zero-order valence-electron chi connectivity index (χ0n) is 10.4. The van der Waals surface area contributed by atoms with Gasteiger partial charge in [0.05, 0.1) is 5.56 Å². The number of carboxylic acid groups (broad SMARTS) is 1. The summed E-state index contributed by atoms with van der Waals surface area (Å²) >= 11 is 0. The molecule has 0 aliphatic carbocycles. The van der Waals surface area contributed by atoms with Gasteiger partial charge in [0.2, 0.25) is 0 Å². The molecule has 2 aromatic rings. The Morgan fingerprint density at radius 2 is 2.00 bits per heavy atom. The normalized spacial score (nSPS) is 10.2. The number of benzene rings is 2. The van der Waals surface area contributed by atoms with Crippen LogP contribution in [0, 0.1) is 12.7 Å². The third-order valence-electron chi connectivity index (χ3n) is 2.76. The van der Waals surface area contributed by atoms with E-state index in [-0.39, 0.29) is 18.0 Å². The molecule has 0 saturated carbocycles. The molecule has 0 amide bonds. The molecule has 0 aliphatic rings. The first-order valence-corrected chi connectivity index (χ1v) is 5.78. The van der Waals surface area contributed by atoms with Gasteiger partial charge in [-0.15, -0.1) is 0 Å². The summed E-state index contributed by atoms with van der Waals surface area (Å²) in [7, 11) is 0. The smallest absolute Gasteiger partial charge is 0.335 e. The maximum absolute atomic E-state index is 13.4. The van der Waals surface area contributed by atoms with Crippen LogP contribution in [-0.2, 0) is 6.61 Å². The standard InChI is InChI=1S/C15H13FO3/c1-10-8-11(15(17)18)6-7-14(10)19-9-12-4-2-3-5-13(12)16/h2-8H,9H2,1H3,(H,17,18). The van der Waals surface area contributed by atoms with E-state index < -0.39 is 5.97 Å². The zero-order chi connectivity index (χ0) is 13.8. The number of halogens is 1. The minimum atomic E-state index is -0.983. The number of ether oxygens (including phenoxy) is 1. The SMILES string of the molecule is Cc1cc(C(=O)O)ccc1OCc1ccccc1F. The second-order valence-corrected chi connectivity index (χ2v) is 4.17. The van der Waals surface area contributed by atoms with E-state index in [0.29, 0.717) is 16.9 Å². The first-order chi connectivity index (χ1) is 9.08. The van der Waals surface area contributed by atoms with E-state index in [9.17, 15) is 9.18 Å². The summed E-state index contributed by atoms with van der Waals surface area (Å²) in [6.07, 6.45) is 0. The van der Waals surface area contributed by atoms with Gasteiger partial charge in [-0.1, -0.05) is 18.2 Å². The van der Waals surface area contributed by atoms with E-state index >= 15 is 0 Å². The maximum Gasteiger partial charge on any atom is 0.335 e. The Balaban J connectivity index is 2.12. The Labute approximate surface area is 110 Å². The number of aryl methyl sites for hydroxylation is 1. The van der Waals surface area contributed by atoms with Crippen LogP contribution in [0.3, 0.4) is 0 Å². The molecular weight excluding hydrogens is 247 g/mol. The summed E-state index contributed by atoms with van der Waals surface area (Å²) in [5, 5.41) is 8.85. The molecule has 1 N–H and O–H groups in total. The minimum absolute atomic E-state index is 0.111. The average molecular weight is 260 g/mol. The molecule has 19 heavy (non-hydrogen) atoms. The van der Waals surface area contributed by atoms with Gasteiger partial charge in [0.1, 0.15) is 18.2 Å². The molecule has 0 saturated heterocycles. The summed E-state index contributed by atoms with van der Waals surface area (Å²) in [5.74, 6) is -0.751. The Morgan fingerprint density at radius 3 is 2.63 bits per heavy atom. The molecule has 98 valence electrons. The van der Waals surface area contributed by atoms with Gasteiger partial charge < -0.3 is 9.84 Å². The molecule has 0 atom stereocenters. The number of hydrogen-bond donors (Lipinski definition) is 1. The molecule has 0 fully saturated rings. The van der Waals surface area contributed by atoms with Gasteiger partial charge in [-0.3, -0.25) is 0 Å². The molecule has 0 aliphatic heterocycles. The summed E-state index contributed by atoms with van der Waals surface area (Å²) in [6, 6.07) is 11.0. The lowest BCUT2D eigenvalue weighted by Gasteiger charge is -2.10. The van der Waals surface area contributed by atoms with Crippen LogP contribution >= 0.6 is 0 Å². The van der Waals surface area contributed by atoms with Crippen LogP contribution in [0.15, 0.2) is 42.5 Å². The van der Waals surface area contributed by atoms with Crippen LogP contribution in [0.4, 0.5) is 4.39 Å². The lowest BCUT2D eigenvalue weighted by Crippen LogP contribution is -2.01. The van der Waals surface area contributed by atoms with E-state index in [1.54, 1.807) is 31.2 Å².